The summed E-state index contributed by atoms with van der Waals surface area (Å²) in [6.45, 7) is 4.45. The van der Waals surface area contributed by atoms with E-state index in [1.54, 1.807) is 0 Å². The van der Waals surface area contributed by atoms with Crippen LogP contribution in [0.5, 0.6) is 0 Å². The van der Waals surface area contributed by atoms with Crippen LogP contribution in [0.4, 0.5) is 5.69 Å². The maximum atomic E-state index is 13.0. The summed E-state index contributed by atoms with van der Waals surface area (Å²) in [6.07, 6.45) is 9.70. The Bertz CT molecular complexity index is 516. The van der Waals surface area contributed by atoms with Crippen molar-refractivity contribution in [3.05, 3.63) is 29.8 Å². The Balaban J connectivity index is 1.63. The number of rotatable bonds is 4. The van der Waals surface area contributed by atoms with Gasteiger partial charge in [0.15, 0.2) is 0 Å². The summed E-state index contributed by atoms with van der Waals surface area (Å²) in [7, 11) is 0. The fraction of sp³-hybridized carbons (Fsp3) is 0.650. The van der Waals surface area contributed by atoms with Crippen LogP contribution in [0.25, 0.3) is 0 Å². The molecular formula is C20H29NO. The zero-order valence-electron chi connectivity index (χ0n) is 14.1. The molecule has 2 aliphatic rings. The molecule has 0 aromatic heterocycles. The second-order valence-corrected chi connectivity index (χ2v) is 7.25. The van der Waals surface area contributed by atoms with Gasteiger partial charge in [-0.1, -0.05) is 44.4 Å². The van der Waals surface area contributed by atoms with Crippen molar-refractivity contribution in [3.63, 3.8) is 0 Å². The number of carbonyl (C=O) groups is 1. The van der Waals surface area contributed by atoms with Crippen LogP contribution in [0.15, 0.2) is 24.3 Å². The lowest BCUT2D eigenvalue weighted by molar-refractivity contribution is -0.123. The molecule has 1 amide bonds. The number of amides is 1. The van der Waals surface area contributed by atoms with Gasteiger partial charge in [-0.2, -0.15) is 0 Å². The molecule has 1 fully saturated rings. The number of para-hydroxylation sites is 1. The number of unbranched alkanes of at least 4 members (excludes halogenated alkanes) is 1. The molecule has 0 spiro atoms. The molecule has 0 bridgehead atoms. The topological polar surface area (TPSA) is 20.3 Å². The second kappa shape index (κ2) is 6.85. The molecule has 1 saturated carbocycles. The standard InChI is InChI=1S/C20H29NO/c1-3-4-7-16-10-12-17(13-11-16)20(22)21-15(2)14-18-8-5-6-9-19(18)21/h5-6,8-9,15-17H,3-4,7,10-14H2,1-2H3. The third-order valence-corrected chi connectivity index (χ3v) is 5.61. The van der Waals surface area contributed by atoms with Crippen molar-refractivity contribution in [1.82, 2.24) is 0 Å². The van der Waals surface area contributed by atoms with Gasteiger partial charge in [-0.15, -0.1) is 0 Å². The Kier molecular flexibility index (Phi) is 4.85. The van der Waals surface area contributed by atoms with Crippen molar-refractivity contribution < 1.29 is 4.79 Å². The molecule has 1 aromatic carbocycles. The smallest absolute Gasteiger partial charge is 0.230 e. The Morgan fingerprint density at radius 3 is 2.64 bits per heavy atom. The van der Waals surface area contributed by atoms with E-state index in [9.17, 15) is 4.79 Å². The van der Waals surface area contributed by atoms with Gasteiger partial charge in [-0.3, -0.25) is 4.79 Å². The largest absolute Gasteiger partial charge is 0.309 e. The minimum Gasteiger partial charge on any atom is -0.309 e. The molecule has 0 radical (unpaired) electrons. The molecule has 2 heteroatoms. The van der Waals surface area contributed by atoms with E-state index in [0.29, 0.717) is 11.9 Å². The van der Waals surface area contributed by atoms with Crippen molar-refractivity contribution >= 4 is 11.6 Å². The molecule has 0 saturated heterocycles. The molecule has 3 rings (SSSR count). The highest BCUT2D eigenvalue weighted by Crippen LogP contribution is 2.37. The Morgan fingerprint density at radius 2 is 1.91 bits per heavy atom. The van der Waals surface area contributed by atoms with Gasteiger partial charge in [-0.25, -0.2) is 0 Å². The number of benzene rings is 1. The van der Waals surface area contributed by atoms with E-state index in [-0.39, 0.29) is 5.92 Å². The summed E-state index contributed by atoms with van der Waals surface area (Å²) < 4.78 is 0. The summed E-state index contributed by atoms with van der Waals surface area (Å²) in [5.74, 6) is 1.50. The van der Waals surface area contributed by atoms with E-state index >= 15 is 0 Å². The van der Waals surface area contributed by atoms with Crippen molar-refractivity contribution in [2.45, 2.75) is 71.3 Å². The molecule has 1 atom stereocenters. The minimum absolute atomic E-state index is 0.256. The normalized spacial score (nSPS) is 27.7. The zero-order valence-corrected chi connectivity index (χ0v) is 14.1. The highest BCUT2D eigenvalue weighted by atomic mass is 16.2. The fourth-order valence-corrected chi connectivity index (χ4v) is 4.29. The van der Waals surface area contributed by atoms with E-state index in [4.69, 9.17) is 0 Å². The van der Waals surface area contributed by atoms with Gasteiger partial charge >= 0.3 is 0 Å². The van der Waals surface area contributed by atoms with Gasteiger partial charge in [-0.05, 0) is 56.6 Å². The summed E-state index contributed by atoms with van der Waals surface area (Å²) in [5.41, 5.74) is 2.49. The molecule has 22 heavy (non-hydrogen) atoms. The number of nitrogens with zero attached hydrogens (tertiary/aromatic N) is 1. The fourth-order valence-electron chi connectivity index (χ4n) is 4.29. The average molecular weight is 299 g/mol. The second-order valence-electron chi connectivity index (χ2n) is 7.25. The summed E-state index contributed by atoms with van der Waals surface area (Å²) in [6, 6.07) is 8.74. The number of carbonyl (C=O) groups excluding carboxylic acids is 1. The minimum atomic E-state index is 0.256. The first-order valence-corrected chi connectivity index (χ1v) is 9.11. The third kappa shape index (κ3) is 3.06. The first-order valence-electron chi connectivity index (χ1n) is 9.11. The Morgan fingerprint density at radius 1 is 1.18 bits per heavy atom. The lowest BCUT2D eigenvalue weighted by atomic mass is 9.79. The van der Waals surface area contributed by atoms with Gasteiger partial charge in [0.1, 0.15) is 0 Å². The van der Waals surface area contributed by atoms with Crippen LogP contribution >= 0.6 is 0 Å². The highest BCUT2D eigenvalue weighted by molar-refractivity contribution is 5.97. The van der Waals surface area contributed by atoms with Crippen molar-refractivity contribution in [2.75, 3.05) is 4.90 Å². The SMILES string of the molecule is CCCCC1CCC(C(=O)N2c3ccccc3CC2C)CC1. The van der Waals surface area contributed by atoms with Crippen molar-refractivity contribution in [2.24, 2.45) is 11.8 Å². The van der Waals surface area contributed by atoms with Crippen LogP contribution in [0, 0.1) is 11.8 Å². The third-order valence-electron chi connectivity index (χ3n) is 5.61. The molecule has 0 N–H and O–H groups in total. The van der Waals surface area contributed by atoms with E-state index in [1.165, 1.54) is 37.7 Å². The molecule has 1 unspecified atom stereocenters. The zero-order chi connectivity index (χ0) is 15.5. The van der Waals surface area contributed by atoms with E-state index < -0.39 is 0 Å². The van der Waals surface area contributed by atoms with Gasteiger partial charge in [0.2, 0.25) is 5.91 Å². The molecular weight excluding hydrogens is 270 g/mol. The van der Waals surface area contributed by atoms with Crippen LogP contribution in [0.3, 0.4) is 0 Å². The average Bonchev–Trinajstić information content (AvgIpc) is 2.88. The first kappa shape index (κ1) is 15.6. The predicted molar refractivity (Wildman–Crippen MR) is 92.1 cm³/mol. The molecule has 1 heterocycles. The molecule has 1 aliphatic heterocycles. The molecule has 1 aromatic rings. The number of hydrogen-bond donors (Lipinski definition) is 0. The van der Waals surface area contributed by atoms with Gasteiger partial charge < -0.3 is 4.90 Å². The maximum Gasteiger partial charge on any atom is 0.230 e. The van der Waals surface area contributed by atoms with Crippen LogP contribution < -0.4 is 4.90 Å². The van der Waals surface area contributed by atoms with E-state index in [1.807, 2.05) is 0 Å². The highest BCUT2D eigenvalue weighted by Gasteiger charge is 2.36. The molecule has 120 valence electrons. The molecule has 2 nitrogen and oxygen atoms in total. The van der Waals surface area contributed by atoms with Crippen molar-refractivity contribution in [1.29, 1.82) is 0 Å². The van der Waals surface area contributed by atoms with Gasteiger partial charge in [0.05, 0.1) is 0 Å². The summed E-state index contributed by atoms with van der Waals surface area (Å²) >= 11 is 0. The van der Waals surface area contributed by atoms with E-state index in [2.05, 4.69) is 43.0 Å². The Hall–Kier alpha value is -1.31. The predicted octanol–water partition coefficient (Wildman–Crippen LogP) is 4.96. The van der Waals surface area contributed by atoms with Crippen LogP contribution in [-0.4, -0.2) is 11.9 Å². The quantitative estimate of drug-likeness (QED) is 0.769. The van der Waals surface area contributed by atoms with Crippen LogP contribution in [0.1, 0.15) is 64.4 Å². The van der Waals surface area contributed by atoms with Crippen LogP contribution in [-0.2, 0) is 11.2 Å². The lowest BCUT2D eigenvalue weighted by Gasteiger charge is -2.32. The number of hydrogen-bond acceptors (Lipinski definition) is 1. The van der Waals surface area contributed by atoms with Gasteiger partial charge in [0.25, 0.3) is 0 Å². The summed E-state index contributed by atoms with van der Waals surface area (Å²) in [5, 5.41) is 0. The number of anilines is 1. The van der Waals surface area contributed by atoms with Crippen molar-refractivity contribution in [3.8, 4) is 0 Å². The van der Waals surface area contributed by atoms with E-state index in [0.717, 1.165) is 30.9 Å². The maximum absolute atomic E-state index is 13.0. The molecule has 1 aliphatic carbocycles. The number of fused-ring (bicyclic) bond motifs is 1. The lowest BCUT2D eigenvalue weighted by Crippen LogP contribution is -2.41. The van der Waals surface area contributed by atoms with Gasteiger partial charge in [0, 0.05) is 17.6 Å². The Labute approximate surface area is 134 Å². The monoisotopic (exact) mass is 299 g/mol. The summed E-state index contributed by atoms with van der Waals surface area (Å²) in [4.78, 5) is 15.1. The first-order chi connectivity index (χ1) is 10.7. The van der Waals surface area contributed by atoms with Crippen LogP contribution in [0.2, 0.25) is 0 Å².